The van der Waals surface area contributed by atoms with E-state index < -0.39 is 0 Å². The molecule has 0 saturated carbocycles. The Balaban J connectivity index is 2.71. The Bertz CT molecular complexity index is 314. The van der Waals surface area contributed by atoms with Gasteiger partial charge in [-0.3, -0.25) is 0 Å². The molecule has 2 nitrogen and oxygen atoms in total. The van der Waals surface area contributed by atoms with Gasteiger partial charge in [0, 0.05) is 0 Å². The van der Waals surface area contributed by atoms with E-state index in [0.29, 0.717) is 12.2 Å². The van der Waals surface area contributed by atoms with Crippen molar-refractivity contribution in [3.63, 3.8) is 0 Å². The van der Waals surface area contributed by atoms with Crippen LogP contribution in [0.4, 0.5) is 0 Å². The van der Waals surface area contributed by atoms with Crippen LogP contribution in [-0.4, -0.2) is 55.0 Å². The van der Waals surface area contributed by atoms with E-state index in [-0.39, 0.29) is 21.6 Å². The second kappa shape index (κ2) is 14.7. The lowest BCUT2D eigenvalue weighted by atomic mass is 10.3. The van der Waals surface area contributed by atoms with Gasteiger partial charge in [-0.15, -0.1) is 15.8 Å². The highest BCUT2D eigenvalue weighted by molar-refractivity contribution is 7.58. The van der Waals surface area contributed by atoms with Crippen molar-refractivity contribution in [3.05, 3.63) is 0 Å². The third kappa shape index (κ3) is 10.9. The Hall–Kier alpha value is 0.780. The second-order valence-corrected chi connectivity index (χ2v) is 13.9. The molecule has 1 fully saturated rings. The third-order valence-corrected chi connectivity index (χ3v) is 11.0. The monoisotopic (exact) mass is 418 g/mol. The van der Waals surface area contributed by atoms with Gasteiger partial charge in [-0.25, -0.2) is 0 Å². The lowest BCUT2D eigenvalue weighted by Crippen LogP contribution is -2.29. The first-order valence-electron chi connectivity index (χ1n) is 11.8. The maximum absolute atomic E-state index is 6.47. The van der Waals surface area contributed by atoms with Crippen LogP contribution >= 0.6 is 15.8 Å². The molecule has 0 N–H and O–H groups in total. The minimum atomic E-state index is -0.387. The highest BCUT2D eigenvalue weighted by Crippen LogP contribution is 2.46. The average molecular weight is 419 g/mol. The normalized spacial score (nSPS) is 22.2. The Morgan fingerprint density at radius 3 is 1.15 bits per heavy atom. The molecule has 2 unspecified atom stereocenters. The van der Waals surface area contributed by atoms with Crippen molar-refractivity contribution in [1.29, 1.82) is 0 Å². The van der Waals surface area contributed by atoms with Crippen LogP contribution in [0.1, 0.15) is 92.9 Å². The quantitative estimate of drug-likeness (QED) is 0.239. The summed E-state index contributed by atoms with van der Waals surface area (Å²) < 4.78 is 12.9. The molecule has 1 aliphatic rings. The summed E-state index contributed by atoms with van der Waals surface area (Å²) >= 11 is 0. The molecule has 0 aromatic heterocycles. The van der Waals surface area contributed by atoms with Gasteiger partial charge >= 0.3 is 0 Å². The maximum Gasteiger partial charge on any atom is 0.163 e. The standard InChI is InChI=1S/C23H48O2P2/c1-7-11-15-26(16-12-8-2)19-21-22(25-23(5,6)24-21)20-27(17-13-9-3)18-14-10-4/h21-22H,7-20H2,1-6H3. The topological polar surface area (TPSA) is 18.5 Å². The number of unbranched alkanes of at least 4 members (excludes halogenated alkanes) is 4. The molecule has 4 heteroatoms. The summed E-state index contributed by atoms with van der Waals surface area (Å²) in [5, 5.41) is 0. The summed E-state index contributed by atoms with van der Waals surface area (Å²) in [6.07, 6.45) is 19.8. The molecule has 162 valence electrons. The van der Waals surface area contributed by atoms with Gasteiger partial charge < -0.3 is 9.47 Å². The van der Waals surface area contributed by atoms with E-state index in [1.54, 1.807) is 0 Å². The first kappa shape index (κ1) is 25.8. The van der Waals surface area contributed by atoms with Gasteiger partial charge in [-0.1, -0.05) is 53.4 Å². The maximum atomic E-state index is 6.47. The fraction of sp³-hybridized carbons (Fsp3) is 1.00. The summed E-state index contributed by atoms with van der Waals surface area (Å²) in [5.41, 5.74) is 0. The Morgan fingerprint density at radius 2 is 0.889 bits per heavy atom. The van der Waals surface area contributed by atoms with E-state index in [9.17, 15) is 0 Å². The van der Waals surface area contributed by atoms with Crippen LogP contribution in [0.15, 0.2) is 0 Å². The van der Waals surface area contributed by atoms with E-state index in [4.69, 9.17) is 9.47 Å². The second-order valence-electron chi connectivity index (χ2n) is 8.73. The number of ether oxygens (including phenoxy) is 2. The van der Waals surface area contributed by atoms with Gasteiger partial charge in [-0.05, 0) is 76.5 Å². The summed E-state index contributed by atoms with van der Waals surface area (Å²) in [6, 6.07) is 0. The molecule has 0 aromatic carbocycles. The fourth-order valence-corrected chi connectivity index (χ4v) is 9.71. The van der Waals surface area contributed by atoms with Gasteiger partial charge in [0.05, 0.1) is 12.2 Å². The predicted octanol–water partition coefficient (Wildman–Crippen LogP) is 7.67. The molecule has 1 rings (SSSR count). The molecular weight excluding hydrogens is 370 g/mol. The lowest BCUT2D eigenvalue weighted by molar-refractivity contribution is -0.142. The van der Waals surface area contributed by atoms with Crippen molar-refractivity contribution in [3.8, 4) is 0 Å². The van der Waals surface area contributed by atoms with Crippen molar-refractivity contribution >= 4 is 15.8 Å². The minimum absolute atomic E-state index is 0.104. The van der Waals surface area contributed by atoms with E-state index in [1.807, 2.05) is 0 Å². The minimum Gasteiger partial charge on any atom is -0.344 e. The average Bonchev–Trinajstić information content (AvgIpc) is 2.92. The van der Waals surface area contributed by atoms with Crippen LogP contribution in [0.5, 0.6) is 0 Å². The van der Waals surface area contributed by atoms with Crippen LogP contribution in [0.3, 0.4) is 0 Å². The summed E-state index contributed by atoms with van der Waals surface area (Å²) in [6.45, 7) is 13.5. The van der Waals surface area contributed by atoms with E-state index in [0.717, 1.165) is 0 Å². The molecule has 1 saturated heterocycles. The van der Waals surface area contributed by atoms with Gasteiger partial charge in [0.2, 0.25) is 0 Å². The molecular formula is C23H48O2P2. The van der Waals surface area contributed by atoms with E-state index in [2.05, 4.69) is 41.5 Å². The van der Waals surface area contributed by atoms with Gasteiger partial charge in [0.15, 0.2) is 5.79 Å². The molecule has 2 atom stereocenters. The predicted molar refractivity (Wildman–Crippen MR) is 126 cm³/mol. The van der Waals surface area contributed by atoms with Crippen LogP contribution in [-0.2, 0) is 9.47 Å². The fourth-order valence-electron chi connectivity index (χ4n) is 3.84. The lowest BCUT2D eigenvalue weighted by Gasteiger charge is -2.27. The van der Waals surface area contributed by atoms with E-state index in [1.165, 1.54) is 88.3 Å². The molecule has 0 aromatic rings. The molecule has 1 heterocycles. The van der Waals surface area contributed by atoms with Crippen molar-refractivity contribution in [2.45, 2.75) is 111 Å². The van der Waals surface area contributed by atoms with Crippen molar-refractivity contribution in [2.75, 3.05) is 37.0 Å². The zero-order chi connectivity index (χ0) is 20.1. The van der Waals surface area contributed by atoms with Gasteiger partial charge in [0.25, 0.3) is 0 Å². The van der Waals surface area contributed by atoms with E-state index >= 15 is 0 Å². The van der Waals surface area contributed by atoms with Crippen LogP contribution in [0, 0.1) is 0 Å². The van der Waals surface area contributed by atoms with Crippen LogP contribution in [0.25, 0.3) is 0 Å². The highest BCUT2D eigenvalue weighted by Gasteiger charge is 2.42. The Morgan fingerprint density at radius 1 is 0.593 bits per heavy atom. The number of rotatable bonds is 16. The highest BCUT2D eigenvalue weighted by atomic mass is 31.1. The van der Waals surface area contributed by atoms with Gasteiger partial charge in [-0.2, -0.15) is 0 Å². The zero-order valence-electron chi connectivity index (χ0n) is 19.3. The summed E-state index contributed by atoms with van der Waals surface area (Å²) in [7, 11) is 0.208. The van der Waals surface area contributed by atoms with Crippen molar-refractivity contribution in [2.24, 2.45) is 0 Å². The summed E-state index contributed by atoms with van der Waals surface area (Å²) in [5.74, 6) is -0.387. The Labute approximate surface area is 173 Å². The van der Waals surface area contributed by atoms with Crippen LogP contribution in [0.2, 0.25) is 0 Å². The van der Waals surface area contributed by atoms with Crippen LogP contribution < -0.4 is 0 Å². The Kier molecular flexibility index (Phi) is 14.1. The largest absolute Gasteiger partial charge is 0.344 e. The molecule has 0 amide bonds. The third-order valence-electron chi connectivity index (χ3n) is 5.47. The first-order chi connectivity index (χ1) is 13.0. The molecule has 1 aliphatic heterocycles. The number of hydrogen-bond acceptors (Lipinski definition) is 2. The van der Waals surface area contributed by atoms with Crippen molar-refractivity contribution in [1.82, 2.24) is 0 Å². The molecule has 0 bridgehead atoms. The SMILES string of the molecule is CCCCP(CCCC)CC1OC(C)(C)OC1CP(CCCC)CCCC. The molecule has 0 radical (unpaired) electrons. The molecule has 0 spiro atoms. The van der Waals surface area contributed by atoms with Crippen molar-refractivity contribution < 1.29 is 9.47 Å². The smallest absolute Gasteiger partial charge is 0.163 e. The molecule has 27 heavy (non-hydrogen) atoms. The number of hydrogen-bond donors (Lipinski definition) is 0. The zero-order valence-corrected chi connectivity index (χ0v) is 21.1. The molecule has 0 aliphatic carbocycles. The van der Waals surface area contributed by atoms with Gasteiger partial charge in [0.1, 0.15) is 0 Å². The first-order valence-corrected chi connectivity index (χ1v) is 15.6. The summed E-state index contributed by atoms with van der Waals surface area (Å²) in [4.78, 5) is 0.